The number of aryl methyl sites for hydroxylation is 2. The average molecular weight is 188 g/mol. The van der Waals surface area contributed by atoms with Crippen molar-refractivity contribution >= 4 is 10.9 Å². The van der Waals surface area contributed by atoms with Crippen LogP contribution in [0, 0.1) is 0 Å². The molecule has 74 valence electrons. The van der Waals surface area contributed by atoms with Crippen molar-refractivity contribution in [2.45, 2.75) is 12.8 Å². The van der Waals surface area contributed by atoms with Crippen LogP contribution in [-0.4, -0.2) is 11.1 Å². The molecule has 0 aliphatic rings. The molecule has 0 aliphatic heterocycles. The van der Waals surface area contributed by atoms with Crippen molar-refractivity contribution in [3.05, 3.63) is 36.0 Å². The van der Waals surface area contributed by atoms with E-state index in [0.29, 0.717) is 0 Å². The Morgan fingerprint density at radius 2 is 2.07 bits per heavy atom. The van der Waals surface area contributed by atoms with Gasteiger partial charge in [0.2, 0.25) is 0 Å². The third-order valence-electron chi connectivity index (χ3n) is 2.63. The van der Waals surface area contributed by atoms with Crippen molar-refractivity contribution in [2.75, 3.05) is 6.54 Å². The zero-order chi connectivity index (χ0) is 9.97. The molecule has 0 aliphatic carbocycles. The lowest BCUT2D eigenvalue weighted by atomic mass is 10.1. The van der Waals surface area contributed by atoms with E-state index in [1.807, 2.05) is 0 Å². The lowest BCUT2D eigenvalue weighted by Gasteiger charge is -1.96. The molecule has 0 saturated carbocycles. The Morgan fingerprint density at radius 1 is 1.29 bits per heavy atom. The predicted molar refractivity (Wildman–Crippen MR) is 60.3 cm³/mol. The first-order valence-corrected chi connectivity index (χ1v) is 5.06. The standard InChI is InChI=1S/C12H16N2/c1-14-9-10(5-4-8-13)11-6-2-3-7-12(11)14/h2-3,6-7,9H,4-5,8,13H2,1H3. The molecule has 0 spiro atoms. The molecule has 0 amide bonds. The van der Waals surface area contributed by atoms with Gasteiger partial charge in [0.05, 0.1) is 0 Å². The van der Waals surface area contributed by atoms with E-state index in [4.69, 9.17) is 5.73 Å². The summed E-state index contributed by atoms with van der Waals surface area (Å²) < 4.78 is 2.18. The van der Waals surface area contributed by atoms with Gasteiger partial charge in [0.25, 0.3) is 0 Å². The van der Waals surface area contributed by atoms with Gasteiger partial charge in [-0.1, -0.05) is 18.2 Å². The fourth-order valence-electron chi connectivity index (χ4n) is 1.92. The molecule has 14 heavy (non-hydrogen) atoms. The Bertz CT molecular complexity index is 429. The molecular weight excluding hydrogens is 172 g/mol. The molecule has 2 N–H and O–H groups in total. The van der Waals surface area contributed by atoms with Gasteiger partial charge in [-0.3, -0.25) is 0 Å². The van der Waals surface area contributed by atoms with Crippen molar-refractivity contribution in [1.82, 2.24) is 4.57 Å². The van der Waals surface area contributed by atoms with Crippen LogP contribution in [0.15, 0.2) is 30.5 Å². The zero-order valence-corrected chi connectivity index (χ0v) is 8.53. The van der Waals surface area contributed by atoms with E-state index in [-0.39, 0.29) is 0 Å². The van der Waals surface area contributed by atoms with Gasteiger partial charge < -0.3 is 10.3 Å². The minimum Gasteiger partial charge on any atom is -0.350 e. The van der Waals surface area contributed by atoms with Crippen LogP contribution in [0.2, 0.25) is 0 Å². The number of nitrogens with two attached hydrogens (primary N) is 1. The van der Waals surface area contributed by atoms with Crippen LogP contribution in [-0.2, 0) is 13.5 Å². The molecule has 2 nitrogen and oxygen atoms in total. The Balaban J connectivity index is 2.44. The number of hydrogen-bond acceptors (Lipinski definition) is 1. The van der Waals surface area contributed by atoms with Gasteiger partial charge in [0, 0.05) is 24.1 Å². The largest absolute Gasteiger partial charge is 0.350 e. The molecule has 0 unspecified atom stereocenters. The molecule has 1 aromatic carbocycles. The Kier molecular flexibility index (Phi) is 2.55. The maximum atomic E-state index is 5.52. The first-order chi connectivity index (χ1) is 6.83. The maximum absolute atomic E-state index is 5.52. The lowest BCUT2D eigenvalue weighted by molar-refractivity contribution is 0.830. The van der Waals surface area contributed by atoms with E-state index >= 15 is 0 Å². The minimum absolute atomic E-state index is 0.767. The summed E-state index contributed by atoms with van der Waals surface area (Å²) in [6.45, 7) is 0.767. The molecule has 2 heteroatoms. The molecule has 2 rings (SSSR count). The number of aromatic nitrogens is 1. The zero-order valence-electron chi connectivity index (χ0n) is 8.53. The van der Waals surface area contributed by atoms with Gasteiger partial charge in [0.1, 0.15) is 0 Å². The lowest BCUT2D eigenvalue weighted by Crippen LogP contribution is -1.99. The number of fused-ring (bicyclic) bond motifs is 1. The van der Waals surface area contributed by atoms with E-state index < -0.39 is 0 Å². The average Bonchev–Trinajstić information content (AvgIpc) is 2.54. The predicted octanol–water partition coefficient (Wildman–Crippen LogP) is 2.07. The number of rotatable bonds is 3. The smallest absolute Gasteiger partial charge is 0.0480 e. The van der Waals surface area contributed by atoms with Crippen LogP contribution in [0.1, 0.15) is 12.0 Å². The van der Waals surface area contributed by atoms with Crippen molar-refractivity contribution in [2.24, 2.45) is 12.8 Å². The summed E-state index contributed by atoms with van der Waals surface area (Å²) in [5.41, 5.74) is 8.24. The number of para-hydroxylation sites is 1. The summed E-state index contributed by atoms with van der Waals surface area (Å²) in [7, 11) is 2.09. The first kappa shape index (κ1) is 9.28. The summed E-state index contributed by atoms with van der Waals surface area (Å²) in [6.07, 6.45) is 4.35. The van der Waals surface area contributed by atoms with Gasteiger partial charge in [-0.25, -0.2) is 0 Å². The van der Waals surface area contributed by atoms with E-state index in [9.17, 15) is 0 Å². The van der Waals surface area contributed by atoms with E-state index in [0.717, 1.165) is 19.4 Å². The van der Waals surface area contributed by atoms with Crippen molar-refractivity contribution in [3.8, 4) is 0 Å². The molecule has 0 bridgehead atoms. The highest BCUT2D eigenvalue weighted by atomic mass is 14.9. The SMILES string of the molecule is Cn1cc(CCCN)c2ccccc21. The van der Waals surface area contributed by atoms with Crippen molar-refractivity contribution in [3.63, 3.8) is 0 Å². The highest BCUT2D eigenvalue weighted by molar-refractivity contribution is 5.83. The molecule has 1 aromatic heterocycles. The quantitative estimate of drug-likeness (QED) is 0.785. The van der Waals surface area contributed by atoms with Gasteiger partial charge in [-0.15, -0.1) is 0 Å². The number of hydrogen-bond donors (Lipinski definition) is 1. The Hall–Kier alpha value is -1.28. The second kappa shape index (κ2) is 3.84. The van der Waals surface area contributed by atoms with E-state index in [1.165, 1.54) is 16.5 Å². The van der Waals surface area contributed by atoms with Crippen molar-refractivity contribution < 1.29 is 0 Å². The van der Waals surface area contributed by atoms with Crippen LogP contribution >= 0.6 is 0 Å². The van der Waals surface area contributed by atoms with Crippen molar-refractivity contribution in [1.29, 1.82) is 0 Å². The summed E-state index contributed by atoms with van der Waals surface area (Å²) >= 11 is 0. The molecule has 0 fully saturated rings. The third kappa shape index (κ3) is 1.53. The van der Waals surface area contributed by atoms with Gasteiger partial charge in [-0.2, -0.15) is 0 Å². The molecule has 2 aromatic rings. The third-order valence-corrected chi connectivity index (χ3v) is 2.63. The van der Waals surface area contributed by atoms with Gasteiger partial charge in [-0.05, 0) is 31.0 Å². The highest BCUT2D eigenvalue weighted by Gasteiger charge is 2.04. The topological polar surface area (TPSA) is 30.9 Å². The number of nitrogens with zero attached hydrogens (tertiary/aromatic N) is 1. The monoisotopic (exact) mass is 188 g/mol. The summed E-state index contributed by atoms with van der Waals surface area (Å²) in [5.74, 6) is 0. The fourth-order valence-corrected chi connectivity index (χ4v) is 1.92. The normalized spacial score (nSPS) is 11.0. The summed E-state index contributed by atoms with van der Waals surface area (Å²) in [4.78, 5) is 0. The summed E-state index contributed by atoms with van der Waals surface area (Å²) in [5, 5.41) is 1.36. The van der Waals surface area contributed by atoms with E-state index in [2.05, 4.69) is 42.1 Å². The molecule has 0 radical (unpaired) electrons. The van der Waals surface area contributed by atoms with Gasteiger partial charge >= 0.3 is 0 Å². The fraction of sp³-hybridized carbons (Fsp3) is 0.333. The second-order valence-electron chi connectivity index (χ2n) is 3.67. The van der Waals surface area contributed by atoms with Crippen LogP contribution in [0.25, 0.3) is 10.9 Å². The van der Waals surface area contributed by atoms with E-state index in [1.54, 1.807) is 0 Å². The molecule has 1 heterocycles. The maximum Gasteiger partial charge on any atom is 0.0480 e. The Labute approximate surface area is 84.3 Å². The minimum atomic E-state index is 0.767. The molecule has 0 saturated heterocycles. The van der Waals surface area contributed by atoms with Crippen LogP contribution in [0.4, 0.5) is 0 Å². The molecular formula is C12H16N2. The first-order valence-electron chi connectivity index (χ1n) is 5.06. The number of benzene rings is 1. The Morgan fingerprint density at radius 3 is 2.86 bits per heavy atom. The molecule has 0 atom stereocenters. The summed E-state index contributed by atoms with van der Waals surface area (Å²) in [6, 6.07) is 8.51. The van der Waals surface area contributed by atoms with Gasteiger partial charge in [0.15, 0.2) is 0 Å². The van der Waals surface area contributed by atoms with Crippen LogP contribution < -0.4 is 5.73 Å². The highest BCUT2D eigenvalue weighted by Crippen LogP contribution is 2.20. The van der Waals surface area contributed by atoms with Crippen LogP contribution in [0.3, 0.4) is 0 Å². The van der Waals surface area contributed by atoms with Crippen LogP contribution in [0.5, 0.6) is 0 Å². The second-order valence-corrected chi connectivity index (χ2v) is 3.67.